The molecule has 2 heterocycles. The van der Waals surface area contributed by atoms with E-state index in [0.29, 0.717) is 22.4 Å². The molecular weight excluding hydrogens is 316 g/mol. The first kappa shape index (κ1) is 14.9. The van der Waals surface area contributed by atoms with Crippen LogP contribution in [0, 0.1) is 18.3 Å². The molecular formula is C16H11ClN4O2. The number of hydrogen-bond donors (Lipinski definition) is 1. The van der Waals surface area contributed by atoms with Crippen molar-refractivity contribution in [2.75, 3.05) is 5.43 Å². The third-order valence-electron chi connectivity index (χ3n) is 2.96. The number of nitriles is 1. The number of aromatic nitrogens is 1. The quantitative estimate of drug-likeness (QED) is 0.573. The summed E-state index contributed by atoms with van der Waals surface area (Å²) in [7, 11) is 0. The van der Waals surface area contributed by atoms with E-state index in [0.717, 1.165) is 5.56 Å². The average molecular weight is 327 g/mol. The van der Waals surface area contributed by atoms with Crippen molar-refractivity contribution >= 4 is 23.7 Å². The van der Waals surface area contributed by atoms with Gasteiger partial charge in [-0.05, 0) is 24.3 Å². The largest absolute Gasteiger partial charge is 0.455 e. The summed E-state index contributed by atoms with van der Waals surface area (Å²) in [4.78, 5) is 3.91. The number of halogens is 1. The van der Waals surface area contributed by atoms with Crippen LogP contribution in [0.4, 0.5) is 5.88 Å². The van der Waals surface area contributed by atoms with Crippen molar-refractivity contribution in [2.45, 2.75) is 6.92 Å². The van der Waals surface area contributed by atoms with E-state index in [1.165, 1.54) is 6.21 Å². The van der Waals surface area contributed by atoms with E-state index in [4.69, 9.17) is 25.7 Å². The van der Waals surface area contributed by atoms with Crippen molar-refractivity contribution in [3.8, 4) is 17.4 Å². The van der Waals surface area contributed by atoms with Crippen LogP contribution in [0.15, 0.2) is 50.3 Å². The van der Waals surface area contributed by atoms with E-state index in [2.05, 4.69) is 15.5 Å². The van der Waals surface area contributed by atoms with Gasteiger partial charge >= 0.3 is 0 Å². The zero-order chi connectivity index (χ0) is 16.2. The molecule has 0 unspecified atom stereocenters. The van der Waals surface area contributed by atoms with Gasteiger partial charge in [-0.15, -0.1) is 0 Å². The number of hydrogen-bond acceptors (Lipinski definition) is 6. The van der Waals surface area contributed by atoms with Crippen LogP contribution in [0.1, 0.15) is 17.3 Å². The number of nitrogens with one attached hydrogen (secondary N) is 1. The second-order valence-corrected chi connectivity index (χ2v) is 4.98. The van der Waals surface area contributed by atoms with Crippen LogP contribution in [0.25, 0.3) is 11.3 Å². The Labute approximate surface area is 137 Å². The van der Waals surface area contributed by atoms with Gasteiger partial charge in [-0.1, -0.05) is 23.7 Å². The summed E-state index contributed by atoms with van der Waals surface area (Å²) in [6.07, 6.45) is 1.47. The van der Waals surface area contributed by atoms with Gasteiger partial charge in [0.05, 0.1) is 11.2 Å². The van der Waals surface area contributed by atoms with Crippen LogP contribution in [0.5, 0.6) is 0 Å². The van der Waals surface area contributed by atoms with E-state index in [9.17, 15) is 0 Å². The van der Waals surface area contributed by atoms with E-state index in [1.807, 2.05) is 30.3 Å². The summed E-state index contributed by atoms with van der Waals surface area (Å²) in [6, 6.07) is 12.9. The Bertz CT molecular complexity index is 905. The summed E-state index contributed by atoms with van der Waals surface area (Å²) >= 11 is 6.13. The van der Waals surface area contributed by atoms with Gasteiger partial charge in [-0.3, -0.25) is 0 Å². The zero-order valence-electron chi connectivity index (χ0n) is 12.1. The Kier molecular flexibility index (Phi) is 4.13. The Morgan fingerprint density at radius 1 is 1.26 bits per heavy atom. The van der Waals surface area contributed by atoms with Crippen molar-refractivity contribution in [3.05, 3.63) is 58.8 Å². The maximum absolute atomic E-state index is 8.91. The SMILES string of the molecule is Cc1nc(C#N)c(N/N=C/c2ccc(-c3ccccc3Cl)o2)o1. The molecule has 0 aliphatic heterocycles. The fraction of sp³-hybridized carbons (Fsp3) is 0.0625. The average Bonchev–Trinajstić information content (AvgIpc) is 3.14. The van der Waals surface area contributed by atoms with Crippen LogP contribution in [0.2, 0.25) is 5.02 Å². The molecule has 0 atom stereocenters. The Morgan fingerprint density at radius 2 is 2.09 bits per heavy atom. The number of hydrazone groups is 1. The first-order valence-corrected chi connectivity index (χ1v) is 7.06. The highest BCUT2D eigenvalue weighted by Gasteiger charge is 2.09. The molecule has 3 rings (SSSR count). The van der Waals surface area contributed by atoms with Gasteiger partial charge in [0.2, 0.25) is 5.69 Å². The lowest BCUT2D eigenvalue weighted by Gasteiger charge is -1.98. The van der Waals surface area contributed by atoms with Gasteiger partial charge in [0.25, 0.3) is 5.88 Å². The number of anilines is 1. The normalized spacial score (nSPS) is 10.8. The first-order valence-electron chi connectivity index (χ1n) is 6.68. The molecule has 7 heteroatoms. The second-order valence-electron chi connectivity index (χ2n) is 4.57. The van der Waals surface area contributed by atoms with Crippen molar-refractivity contribution in [1.82, 2.24) is 4.98 Å². The van der Waals surface area contributed by atoms with Crippen LogP contribution in [-0.2, 0) is 0 Å². The highest BCUT2D eigenvalue weighted by molar-refractivity contribution is 6.33. The predicted octanol–water partition coefficient (Wildman–Crippen LogP) is 4.21. The van der Waals surface area contributed by atoms with E-state index < -0.39 is 0 Å². The molecule has 1 N–H and O–H groups in total. The molecule has 0 saturated heterocycles. The number of aryl methyl sites for hydroxylation is 1. The number of benzene rings is 1. The molecule has 6 nitrogen and oxygen atoms in total. The van der Waals surface area contributed by atoms with Gasteiger partial charge in [-0.2, -0.15) is 10.4 Å². The molecule has 2 aromatic heterocycles. The van der Waals surface area contributed by atoms with Crippen molar-refractivity contribution in [2.24, 2.45) is 5.10 Å². The number of oxazole rings is 1. The summed E-state index contributed by atoms with van der Waals surface area (Å²) in [5, 5.41) is 13.5. The van der Waals surface area contributed by atoms with Gasteiger partial charge in [0, 0.05) is 12.5 Å². The van der Waals surface area contributed by atoms with E-state index >= 15 is 0 Å². The first-order chi connectivity index (χ1) is 11.2. The second kappa shape index (κ2) is 6.38. The van der Waals surface area contributed by atoms with Crippen LogP contribution >= 0.6 is 11.6 Å². The van der Waals surface area contributed by atoms with Crippen LogP contribution < -0.4 is 5.43 Å². The standard InChI is InChI=1S/C16H11ClN4O2/c1-10-20-14(8-18)16(22-10)21-19-9-11-6-7-15(23-11)12-4-2-3-5-13(12)17/h2-7,9,21H,1H3/b19-9+. The van der Waals surface area contributed by atoms with E-state index in [1.54, 1.807) is 19.1 Å². The third kappa shape index (κ3) is 3.25. The van der Waals surface area contributed by atoms with E-state index in [-0.39, 0.29) is 11.6 Å². The number of nitrogens with zero attached hydrogens (tertiary/aromatic N) is 3. The lowest BCUT2D eigenvalue weighted by atomic mass is 10.2. The molecule has 0 aliphatic carbocycles. The molecule has 0 saturated carbocycles. The highest BCUT2D eigenvalue weighted by Crippen LogP contribution is 2.28. The minimum atomic E-state index is 0.149. The lowest BCUT2D eigenvalue weighted by molar-refractivity contribution is 0.533. The smallest absolute Gasteiger partial charge is 0.252 e. The zero-order valence-corrected chi connectivity index (χ0v) is 12.8. The molecule has 0 fully saturated rings. The van der Waals surface area contributed by atoms with Gasteiger partial charge in [0.1, 0.15) is 17.6 Å². The molecule has 0 spiro atoms. The summed E-state index contributed by atoms with van der Waals surface area (Å²) in [6.45, 7) is 1.65. The minimum Gasteiger partial charge on any atom is -0.455 e. The number of furan rings is 1. The van der Waals surface area contributed by atoms with Gasteiger partial charge < -0.3 is 8.83 Å². The predicted molar refractivity (Wildman–Crippen MR) is 86.3 cm³/mol. The minimum absolute atomic E-state index is 0.149. The molecule has 114 valence electrons. The Balaban J connectivity index is 1.74. The third-order valence-corrected chi connectivity index (χ3v) is 3.29. The van der Waals surface area contributed by atoms with Crippen molar-refractivity contribution in [3.63, 3.8) is 0 Å². The molecule has 0 aliphatic rings. The lowest BCUT2D eigenvalue weighted by Crippen LogP contribution is -1.90. The number of rotatable bonds is 4. The maximum Gasteiger partial charge on any atom is 0.252 e. The van der Waals surface area contributed by atoms with Gasteiger partial charge in [0.15, 0.2) is 5.89 Å². The van der Waals surface area contributed by atoms with Crippen LogP contribution in [-0.4, -0.2) is 11.2 Å². The summed E-state index contributed by atoms with van der Waals surface area (Å²) in [5.41, 5.74) is 3.58. The Hall–Kier alpha value is -3.04. The summed E-state index contributed by atoms with van der Waals surface area (Å²) < 4.78 is 10.9. The maximum atomic E-state index is 8.91. The molecule has 23 heavy (non-hydrogen) atoms. The fourth-order valence-electron chi connectivity index (χ4n) is 1.96. The highest BCUT2D eigenvalue weighted by atomic mass is 35.5. The fourth-order valence-corrected chi connectivity index (χ4v) is 2.19. The molecule has 0 bridgehead atoms. The Morgan fingerprint density at radius 3 is 2.87 bits per heavy atom. The summed E-state index contributed by atoms with van der Waals surface area (Å²) in [5.74, 6) is 1.75. The molecule has 3 aromatic rings. The molecule has 0 amide bonds. The van der Waals surface area contributed by atoms with Gasteiger partial charge in [-0.25, -0.2) is 10.4 Å². The van der Waals surface area contributed by atoms with Crippen molar-refractivity contribution < 1.29 is 8.83 Å². The monoisotopic (exact) mass is 326 g/mol. The molecule has 0 radical (unpaired) electrons. The topological polar surface area (TPSA) is 87.4 Å². The molecule has 1 aromatic carbocycles. The van der Waals surface area contributed by atoms with Crippen molar-refractivity contribution in [1.29, 1.82) is 5.26 Å². The van der Waals surface area contributed by atoms with Crippen LogP contribution in [0.3, 0.4) is 0 Å².